The average molecular weight is 441 g/mol. The Morgan fingerprint density at radius 1 is 0.969 bits per heavy atom. The van der Waals surface area contributed by atoms with Gasteiger partial charge in [0.05, 0.1) is 0 Å². The lowest BCUT2D eigenvalue weighted by Crippen LogP contribution is -2.34. The van der Waals surface area contributed by atoms with Gasteiger partial charge in [-0.2, -0.15) is 0 Å². The Hall–Kier alpha value is -3.75. The smallest absolute Gasteiger partial charge is 0.407 e. The number of alkyl carbamates (subject to hydrolysis) is 1. The molecule has 9 nitrogen and oxygen atoms in total. The topological polar surface area (TPSA) is 115 Å². The van der Waals surface area contributed by atoms with Crippen molar-refractivity contribution in [3.05, 3.63) is 53.6 Å². The van der Waals surface area contributed by atoms with Gasteiger partial charge in [-0.05, 0) is 56.7 Å². The van der Waals surface area contributed by atoms with Gasteiger partial charge in [0.2, 0.25) is 12.7 Å². The molecule has 0 saturated heterocycles. The molecule has 0 atom stereocenters. The van der Waals surface area contributed by atoms with Gasteiger partial charge >= 0.3 is 6.09 Å². The van der Waals surface area contributed by atoms with Gasteiger partial charge in [-0.25, -0.2) is 4.79 Å². The highest BCUT2D eigenvalue weighted by atomic mass is 16.7. The van der Waals surface area contributed by atoms with Crippen LogP contribution in [0.1, 0.15) is 43.1 Å². The molecule has 1 heterocycles. The largest absolute Gasteiger partial charge is 0.454 e. The van der Waals surface area contributed by atoms with Gasteiger partial charge in [0.25, 0.3) is 5.91 Å². The quantitative estimate of drug-likeness (QED) is 0.608. The molecule has 3 amide bonds. The highest BCUT2D eigenvalue weighted by Crippen LogP contribution is 2.32. The van der Waals surface area contributed by atoms with Crippen molar-refractivity contribution < 1.29 is 28.6 Å². The summed E-state index contributed by atoms with van der Waals surface area (Å²) in [6.07, 6.45) is -0.440. The van der Waals surface area contributed by atoms with E-state index < -0.39 is 11.7 Å². The third kappa shape index (κ3) is 6.90. The first-order chi connectivity index (χ1) is 15.2. The van der Waals surface area contributed by atoms with Gasteiger partial charge in [0.1, 0.15) is 5.60 Å². The minimum absolute atomic E-state index is 0.118. The van der Waals surface area contributed by atoms with Crippen molar-refractivity contribution in [3.63, 3.8) is 0 Å². The number of fused-ring (bicyclic) bond motifs is 1. The molecule has 9 heteroatoms. The van der Waals surface area contributed by atoms with Crippen molar-refractivity contribution in [1.82, 2.24) is 10.6 Å². The van der Waals surface area contributed by atoms with Crippen molar-refractivity contribution in [2.45, 2.75) is 39.3 Å². The Morgan fingerprint density at radius 2 is 1.69 bits per heavy atom. The number of carbonyl (C=O) groups is 3. The van der Waals surface area contributed by atoms with Crippen LogP contribution in [0.4, 0.5) is 10.5 Å². The van der Waals surface area contributed by atoms with E-state index in [2.05, 4.69) is 16.0 Å². The molecule has 170 valence electrons. The maximum absolute atomic E-state index is 12.4. The minimum atomic E-state index is -0.585. The number of ether oxygens (including phenoxy) is 3. The van der Waals surface area contributed by atoms with Crippen LogP contribution in [0.15, 0.2) is 42.5 Å². The van der Waals surface area contributed by atoms with Crippen LogP contribution >= 0.6 is 0 Å². The van der Waals surface area contributed by atoms with Crippen LogP contribution in [0.2, 0.25) is 0 Å². The molecular formula is C23H27N3O6. The number of rotatable bonds is 7. The highest BCUT2D eigenvalue weighted by Gasteiger charge is 2.17. The summed E-state index contributed by atoms with van der Waals surface area (Å²) in [6.45, 7) is 5.97. The molecule has 0 spiro atoms. The van der Waals surface area contributed by atoms with Gasteiger partial charge in [-0.15, -0.1) is 0 Å². The van der Waals surface area contributed by atoms with Crippen molar-refractivity contribution in [1.29, 1.82) is 0 Å². The molecule has 0 fully saturated rings. The van der Waals surface area contributed by atoms with E-state index in [0.717, 1.165) is 5.56 Å². The molecule has 3 N–H and O–H groups in total. The highest BCUT2D eigenvalue weighted by molar-refractivity contribution is 5.95. The first kappa shape index (κ1) is 22.9. The molecule has 2 aromatic rings. The predicted molar refractivity (Wildman–Crippen MR) is 118 cm³/mol. The maximum Gasteiger partial charge on any atom is 0.407 e. The second kappa shape index (κ2) is 10.0. The summed E-state index contributed by atoms with van der Waals surface area (Å²) >= 11 is 0. The zero-order valence-electron chi connectivity index (χ0n) is 18.3. The molecule has 0 bridgehead atoms. The first-order valence-corrected chi connectivity index (χ1v) is 10.2. The number of hydrogen-bond acceptors (Lipinski definition) is 6. The Bertz CT molecular complexity index is 982. The zero-order chi connectivity index (χ0) is 23.1. The normalized spacial score (nSPS) is 12.1. The SMILES string of the molecule is CC(C)(C)OC(=O)NCCC(=O)Nc1ccc(CNC(=O)c2ccc3c(c2)OCO3)cc1. The molecular weight excluding hydrogens is 414 g/mol. The van der Waals surface area contributed by atoms with Gasteiger partial charge < -0.3 is 30.2 Å². The monoisotopic (exact) mass is 441 g/mol. The number of hydrogen-bond donors (Lipinski definition) is 3. The van der Waals surface area contributed by atoms with Crippen LogP contribution in [-0.4, -0.2) is 36.8 Å². The average Bonchev–Trinajstić information content (AvgIpc) is 3.19. The summed E-state index contributed by atoms with van der Waals surface area (Å²) in [5.74, 6) is 0.724. The molecule has 0 aliphatic carbocycles. The third-order valence-electron chi connectivity index (χ3n) is 4.35. The van der Waals surface area contributed by atoms with Crippen LogP contribution in [0.3, 0.4) is 0 Å². The molecule has 1 aliphatic rings. The molecule has 1 aliphatic heterocycles. The van der Waals surface area contributed by atoms with Crippen molar-refractivity contribution in [2.24, 2.45) is 0 Å². The third-order valence-corrected chi connectivity index (χ3v) is 4.35. The fourth-order valence-corrected chi connectivity index (χ4v) is 2.84. The number of amides is 3. The minimum Gasteiger partial charge on any atom is -0.454 e. The van der Waals surface area contributed by atoms with Gasteiger partial charge in [0.15, 0.2) is 11.5 Å². The summed E-state index contributed by atoms with van der Waals surface area (Å²) < 4.78 is 15.6. The van der Waals surface area contributed by atoms with Gasteiger partial charge in [0, 0.05) is 30.8 Å². The van der Waals surface area contributed by atoms with Crippen LogP contribution in [0, 0.1) is 0 Å². The van der Waals surface area contributed by atoms with E-state index in [1.807, 2.05) is 12.1 Å². The lowest BCUT2D eigenvalue weighted by Gasteiger charge is -2.19. The fourth-order valence-electron chi connectivity index (χ4n) is 2.84. The van der Waals surface area contributed by atoms with E-state index in [4.69, 9.17) is 14.2 Å². The Labute approximate surface area is 186 Å². The number of benzene rings is 2. The molecule has 0 aromatic heterocycles. The number of nitrogens with one attached hydrogen (secondary N) is 3. The van der Waals surface area contributed by atoms with E-state index in [1.165, 1.54) is 0 Å². The first-order valence-electron chi connectivity index (χ1n) is 10.2. The van der Waals surface area contributed by atoms with E-state index in [9.17, 15) is 14.4 Å². The summed E-state index contributed by atoms with van der Waals surface area (Å²) in [7, 11) is 0. The molecule has 0 unspecified atom stereocenters. The predicted octanol–water partition coefficient (Wildman–Crippen LogP) is 3.20. The van der Waals surface area contributed by atoms with Gasteiger partial charge in [-0.3, -0.25) is 9.59 Å². The van der Waals surface area contributed by atoms with Crippen molar-refractivity contribution in [3.8, 4) is 11.5 Å². The number of carbonyl (C=O) groups excluding carboxylic acids is 3. The van der Waals surface area contributed by atoms with Crippen LogP contribution < -0.4 is 25.4 Å². The lowest BCUT2D eigenvalue weighted by atomic mass is 10.1. The van der Waals surface area contributed by atoms with E-state index in [-0.39, 0.29) is 31.6 Å². The lowest BCUT2D eigenvalue weighted by molar-refractivity contribution is -0.116. The van der Waals surface area contributed by atoms with Crippen LogP contribution in [0.5, 0.6) is 11.5 Å². The second-order valence-electron chi connectivity index (χ2n) is 8.17. The molecule has 32 heavy (non-hydrogen) atoms. The number of anilines is 1. The standard InChI is InChI=1S/C23H27N3O6/c1-23(2,3)32-22(29)24-11-10-20(27)26-17-7-4-15(5-8-17)13-25-21(28)16-6-9-18-19(12-16)31-14-30-18/h4-9,12H,10-11,13-14H2,1-3H3,(H,24,29)(H,25,28)(H,26,27). The zero-order valence-corrected chi connectivity index (χ0v) is 18.3. The van der Waals surface area contributed by atoms with Crippen molar-refractivity contribution in [2.75, 3.05) is 18.7 Å². The molecule has 0 radical (unpaired) electrons. The van der Waals surface area contributed by atoms with Crippen LogP contribution in [0.25, 0.3) is 0 Å². The van der Waals surface area contributed by atoms with E-state index in [0.29, 0.717) is 29.3 Å². The maximum atomic E-state index is 12.4. The second-order valence-corrected chi connectivity index (χ2v) is 8.17. The van der Waals surface area contributed by atoms with Crippen molar-refractivity contribution >= 4 is 23.6 Å². The fraction of sp³-hybridized carbons (Fsp3) is 0.348. The summed E-state index contributed by atoms with van der Waals surface area (Å²) in [5, 5.41) is 8.15. The van der Waals surface area contributed by atoms with E-state index in [1.54, 1.807) is 51.1 Å². The Kier molecular flexibility index (Phi) is 7.19. The van der Waals surface area contributed by atoms with E-state index >= 15 is 0 Å². The van der Waals surface area contributed by atoms with Crippen LogP contribution in [-0.2, 0) is 16.1 Å². The summed E-state index contributed by atoms with van der Waals surface area (Å²) in [4.78, 5) is 36.0. The molecule has 0 saturated carbocycles. The Balaban J connectivity index is 1.40. The Morgan fingerprint density at radius 3 is 2.41 bits per heavy atom. The molecule has 2 aromatic carbocycles. The summed E-state index contributed by atoms with van der Waals surface area (Å²) in [5.41, 5.74) is 1.40. The molecule has 3 rings (SSSR count). The summed E-state index contributed by atoms with van der Waals surface area (Å²) in [6, 6.07) is 12.2. The van der Waals surface area contributed by atoms with Gasteiger partial charge in [-0.1, -0.05) is 12.1 Å².